The molecule has 2 aliphatic heterocycles. The second kappa shape index (κ2) is 13.7. The molecule has 3 aromatic carbocycles. The van der Waals surface area contributed by atoms with Crippen molar-refractivity contribution < 1.29 is 17.9 Å². The van der Waals surface area contributed by atoms with Crippen molar-refractivity contribution in [3.63, 3.8) is 0 Å². The minimum Gasteiger partial charge on any atom is -0.492 e. The third-order valence-electron chi connectivity index (χ3n) is 7.53. The predicted octanol–water partition coefficient (Wildman–Crippen LogP) is 5.87. The van der Waals surface area contributed by atoms with Crippen LogP contribution < -0.4 is 9.47 Å². The summed E-state index contributed by atoms with van der Waals surface area (Å²) in [5, 5.41) is 0. The van der Waals surface area contributed by atoms with Gasteiger partial charge in [0.15, 0.2) is 0 Å². The van der Waals surface area contributed by atoms with Crippen molar-refractivity contribution in [3.05, 3.63) is 89.5 Å². The number of sulfonamides is 1. The average molecular weight is 571 g/mol. The maximum absolute atomic E-state index is 13.8. The van der Waals surface area contributed by atoms with Gasteiger partial charge in [-0.3, -0.25) is 4.90 Å². The van der Waals surface area contributed by atoms with Crippen LogP contribution in [0.3, 0.4) is 0 Å². The van der Waals surface area contributed by atoms with Gasteiger partial charge in [0.05, 0.1) is 10.9 Å². The summed E-state index contributed by atoms with van der Waals surface area (Å²) in [5.74, 6) is 1.59. The number of aryl methyl sites for hydroxylation is 1. The zero-order valence-corrected chi connectivity index (χ0v) is 24.3. The minimum atomic E-state index is -3.72. The van der Waals surface area contributed by atoms with Crippen LogP contribution in [-0.4, -0.2) is 56.5 Å². The average Bonchev–Trinajstić information content (AvgIpc) is 3.30. The highest BCUT2D eigenvalue weighted by atomic mass is 35.5. The molecule has 3 aromatic rings. The molecular weight excluding hydrogens is 532 g/mol. The van der Waals surface area contributed by atoms with Crippen LogP contribution in [0.4, 0.5) is 0 Å². The first-order chi connectivity index (χ1) is 18.5. The number of hydrogen-bond acceptors (Lipinski definition) is 5. The summed E-state index contributed by atoms with van der Waals surface area (Å²) in [7, 11) is -3.72. The number of rotatable bonds is 8. The SMILES string of the molecule is Cc1ccc(S(=O)(=O)N2Cc3ccccc3OC[C@@H]2Cc2ccc(OCCN3CCCCCC3)cc2)cc1.Cl. The van der Waals surface area contributed by atoms with Gasteiger partial charge < -0.3 is 9.47 Å². The predicted molar refractivity (Wildman–Crippen MR) is 157 cm³/mol. The van der Waals surface area contributed by atoms with Crippen LogP contribution >= 0.6 is 12.4 Å². The van der Waals surface area contributed by atoms with E-state index in [1.807, 2.05) is 67.6 Å². The molecule has 1 atom stereocenters. The Morgan fingerprint density at radius 3 is 2.31 bits per heavy atom. The van der Waals surface area contributed by atoms with Gasteiger partial charge in [-0.1, -0.05) is 60.9 Å². The number of fused-ring (bicyclic) bond motifs is 1. The van der Waals surface area contributed by atoms with Gasteiger partial charge in [-0.25, -0.2) is 8.42 Å². The molecule has 0 amide bonds. The maximum Gasteiger partial charge on any atom is 0.243 e. The van der Waals surface area contributed by atoms with Gasteiger partial charge in [0.2, 0.25) is 10.0 Å². The van der Waals surface area contributed by atoms with E-state index >= 15 is 0 Å². The van der Waals surface area contributed by atoms with Crippen LogP contribution in [0.1, 0.15) is 42.4 Å². The van der Waals surface area contributed by atoms with E-state index in [0.717, 1.165) is 47.8 Å². The highest BCUT2D eigenvalue weighted by molar-refractivity contribution is 7.89. The lowest BCUT2D eigenvalue weighted by molar-refractivity contribution is 0.213. The van der Waals surface area contributed by atoms with Gasteiger partial charge in [0, 0.05) is 18.7 Å². The van der Waals surface area contributed by atoms with E-state index in [9.17, 15) is 8.42 Å². The lowest BCUT2D eigenvalue weighted by atomic mass is 10.1. The van der Waals surface area contributed by atoms with Crippen molar-refractivity contribution in [1.82, 2.24) is 9.21 Å². The van der Waals surface area contributed by atoms with Gasteiger partial charge in [0.25, 0.3) is 0 Å². The standard InChI is InChI=1S/C31H38N2O4S.ClH/c1-25-10-16-30(17-11-25)38(34,35)33-23-27-8-4-5-9-31(27)37-24-28(33)22-26-12-14-29(15-13-26)36-21-20-32-18-6-2-3-7-19-32;/h4-5,8-17,28H,2-3,6-7,18-24H2,1H3;1H/t28-;/m0./s1. The van der Waals surface area contributed by atoms with Crippen LogP contribution in [0.25, 0.3) is 0 Å². The Morgan fingerprint density at radius 2 is 1.59 bits per heavy atom. The fraction of sp³-hybridized carbons (Fsp3) is 0.419. The number of nitrogens with zero attached hydrogens (tertiary/aromatic N) is 2. The molecule has 39 heavy (non-hydrogen) atoms. The van der Waals surface area contributed by atoms with E-state index in [1.165, 1.54) is 25.7 Å². The zero-order chi connectivity index (χ0) is 26.4. The highest BCUT2D eigenvalue weighted by Crippen LogP contribution is 2.31. The molecule has 0 saturated carbocycles. The lowest BCUT2D eigenvalue weighted by Gasteiger charge is -2.28. The molecule has 0 N–H and O–H groups in total. The van der Waals surface area contributed by atoms with Crippen molar-refractivity contribution in [2.75, 3.05) is 32.8 Å². The number of ether oxygens (including phenoxy) is 2. The van der Waals surface area contributed by atoms with Crippen LogP contribution in [0, 0.1) is 6.92 Å². The zero-order valence-electron chi connectivity index (χ0n) is 22.6. The molecule has 0 unspecified atom stereocenters. The number of para-hydroxylation sites is 1. The summed E-state index contributed by atoms with van der Waals surface area (Å²) in [4.78, 5) is 2.80. The van der Waals surface area contributed by atoms with Gasteiger partial charge >= 0.3 is 0 Å². The quantitative estimate of drug-likeness (QED) is 0.339. The Morgan fingerprint density at radius 1 is 0.897 bits per heavy atom. The molecule has 210 valence electrons. The number of likely N-dealkylation sites (tertiary alicyclic amines) is 1. The lowest BCUT2D eigenvalue weighted by Crippen LogP contribution is -2.43. The third-order valence-corrected chi connectivity index (χ3v) is 9.45. The number of hydrogen-bond donors (Lipinski definition) is 0. The van der Waals surface area contributed by atoms with Crippen molar-refractivity contribution >= 4 is 22.4 Å². The minimum absolute atomic E-state index is 0. The van der Waals surface area contributed by atoms with Crippen LogP contribution in [0.15, 0.2) is 77.7 Å². The molecule has 5 rings (SSSR count). The number of halogens is 1. The molecule has 0 aliphatic carbocycles. The largest absolute Gasteiger partial charge is 0.492 e. The fourth-order valence-corrected chi connectivity index (χ4v) is 6.86. The molecule has 0 spiro atoms. The highest BCUT2D eigenvalue weighted by Gasteiger charge is 2.35. The van der Waals surface area contributed by atoms with Gasteiger partial charge in [-0.05, 0) is 75.2 Å². The second-order valence-corrected chi connectivity index (χ2v) is 12.3. The van der Waals surface area contributed by atoms with E-state index in [4.69, 9.17) is 9.47 Å². The fourth-order valence-electron chi connectivity index (χ4n) is 5.28. The summed E-state index contributed by atoms with van der Waals surface area (Å²) in [6, 6.07) is 22.5. The molecule has 1 saturated heterocycles. The molecule has 0 radical (unpaired) electrons. The topological polar surface area (TPSA) is 59.1 Å². The summed E-state index contributed by atoms with van der Waals surface area (Å²) in [5.41, 5.74) is 2.95. The molecule has 1 fully saturated rings. The molecule has 6 nitrogen and oxygen atoms in total. The van der Waals surface area contributed by atoms with Crippen molar-refractivity contribution in [2.24, 2.45) is 0 Å². The summed E-state index contributed by atoms with van der Waals surface area (Å²) in [6.07, 6.45) is 5.77. The van der Waals surface area contributed by atoms with Crippen LogP contribution in [-0.2, 0) is 23.0 Å². The van der Waals surface area contributed by atoms with E-state index < -0.39 is 10.0 Å². The second-order valence-electron chi connectivity index (χ2n) is 10.4. The van der Waals surface area contributed by atoms with Crippen LogP contribution in [0.5, 0.6) is 11.5 Å². The molecule has 2 aliphatic rings. The summed E-state index contributed by atoms with van der Waals surface area (Å²) >= 11 is 0. The Balaban J connectivity index is 0.00000353. The third kappa shape index (κ3) is 7.54. The Hall–Kier alpha value is -2.58. The Bertz CT molecular complexity index is 1290. The number of benzene rings is 3. The van der Waals surface area contributed by atoms with Crippen molar-refractivity contribution in [2.45, 2.75) is 56.5 Å². The molecule has 0 aromatic heterocycles. The Labute approximate surface area is 239 Å². The first-order valence-electron chi connectivity index (χ1n) is 13.7. The van der Waals surface area contributed by atoms with Crippen molar-refractivity contribution in [3.8, 4) is 11.5 Å². The molecule has 2 heterocycles. The summed E-state index contributed by atoms with van der Waals surface area (Å²) < 4.78 is 41.4. The molecule has 8 heteroatoms. The van der Waals surface area contributed by atoms with E-state index in [-0.39, 0.29) is 31.6 Å². The van der Waals surface area contributed by atoms with Crippen molar-refractivity contribution in [1.29, 1.82) is 0 Å². The van der Waals surface area contributed by atoms with E-state index in [1.54, 1.807) is 16.4 Å². The first kappa shape index (κ1) is 29.4. The smallest absolute Gasteiger partial charge is 0.243 e. The van der Waals surface area contributed by atoms with E-state index in [2.05, 4.69) is 4.90 Å². The Kier molecular flexibility index (Phi) is 10.3. The van der Waals surface area contributed by atoms with E-state index in [0.29, 0.717) is 17.9 Å². The van der Waals surface area contributed by atoms with Crippen LogP contribution in [0.2, 0.25) is 0 Å². The first-order valence-corrected chi connectivity index (χ1v) is 15.2. The van der Waals surface area contributed by atoms with Gasteiger partial charge in [-0.15, -0.1) is 12.4 Å². The molecular formula is C31H39ClN2O4S. The molecule has 0 bridgehead atoms. The normalized spacial score (nSPS) is 18.6. The summed E-state index contributed by atoms with van der Waals surface area (Å²) in [6.45, 7) is 6.47. The maximum atomic E-state index is 13.8. The van der Waals surface area contributed by atoms with Gasteiger partial charge in [0.1, 0.15) is 24.7 Å². The van der Waals surface area contributed by atoms with Gasteiger partial charge in [-0.2, -0.15) is 4.31 Å². The monoisotopic (exact) mass is 570 g/mol.